The highest BCUT2D eigenvalue weighted by Gasteiger charge is 2.49. The van der Waals surface area contributed by atoms with E-state index in [1.54, 1.807) is 6.92 Å². The van der Waals surface area contributed by atoms with E-state index in [0.29, 0.717) is 19.3 Å². The van der Waals surface area contributed by atoms with Crippen molar-refractivity contribution in [2.24, 2.45) is 0 Å². The zero-order chi connectivity index (χ0) is 23.8. The number of rotatable bonds is 9. The second-order valence-corrected chi connectivity index (χ2v) is 10.8. The summed E-state index contributed by atoms with van der Waals surface area (Å²) in [5.74, 6) is -0.0676. The highest BCUT2D eigenvalue weighted by molar-refractivity contribution is 7.53. The number of nitrogen functional groups attached to an aromatic ring is 1. The standard InChI is InChI=1S/C19H31ClN5O6P/c1-5-10(4)32(28,29)31-19(6-2,7-3)8-11-13(26)14(27)17(30-11)25-9-22-12-15(20)23-18(21)24-16(12)25/h9-11,13-14,17,26-27H,5-8H2,1-4H3,(H,28,29)(H2,21,23,24). The van der Waals surface area contributed by atoms with Gasteiger partial charge in [0.05, 0.1) is 23.7 Å². The molecular formula is C19H31ClN5O6P. The molecule has 5 N–H and O–H groups in total. The average Bonchev–Trinajstić information content (AvgIpc) is 3.28. The molecule has 32 heavy (non-hydrogen) atoms. The molecule has 6 unspecified atom stereocenters. The second-order valence-electron chi connectivity index (χ2n) is 8.25. The topological polar surface area (TPSA) is 166 Å². The first kappa shape index (κ1) is 25.3. The van der Waals surface area contributed by atoms with Crippen molar-refractivity contribution in [3.63, 3.8) is 0 Å². The predicted molar refractivity (Wildman–Crippen MR) is 119 cm³/mol. The Morgan fingerprint density at radius 2 is 1.97 bits per heavy atom. The van der Waals surface area contributed by atoms with E-state index < -0.39 is 43.4 Å². The van der Waals surface area contributed by atoms with E-state index in [9.17, 15) is 19.7 Å². The molecule has 1 saturated heterocycles. The van der Waals surface area contributed by atoms with Gasteiger partial charge in [-0.1, -0.05) is 39.3 Å². The molecule has 2 aromatic heterocycles. The quantitative estimate of drug-likeness (QED) is 0.302. The predicted octanol–water partition coefficient (Wildman–Crippen LogP) is 2.63. The van der Waals surface area contributed by atoms with Gasteiger partial charge in [-0.05, 0) is 19.3 Å². The SMILES string of the molecule is CCC(C)P(=O)(O)OC(CC)(CC)CC1OC(n2cnc3c(Cl)nc(N)nc32)C(O)C1O. The third kappa shape index (κ3) is 4.65. The van der Waals surface area contributed by atoms with Crippen molar-refractivity contribution < 1.29 is 28.9 Å². The van der Waals surface area contributed by atoms with Crippen LogP contribution in [0.1, 0.15) is 59.6 Å². The molecule has 0 aromatic carbocycles. The van der Waals surface area contributed by atoms with E-state index in [0.717, 1.165) is 0 Å². The fourth-order valence-electron chi connectivity index (χ4n) is 3.88. The van der Waals surface area contributed by atoms with E-state index in [2.05, 4.69) is 15.0 Å². The van der Waals surface area contributed by atoms with Gasteiger partial charge in [0.2, 0.25) is 5.95 Å². The van der Waals surface area contributed by atoms with Crippen molar-refractivity contribution in [3.8, 4) is 0 Å². The third-order valence-corrected chi connectivity index (χ3v) is 8.73. The van der Waals surface area contributed by atoms with Gasteiger partial charge in [0.15, 0.2) is 17.0 Å². The maximum Gasteiger partial charge on any atom is 0.331 e. The van der Waals surface area contributed by atoms with Gasteiger partial charge in [-0.3, -0.25) is 9.13 Å². The summed E-state index contributed by atoms with van der Waals surface area (Å²) in [6, 6.07) is 0. The van der Waals surface area contributed by atoms with Crippen LogP contribution >= 0.6 is 19.2 Å². The Labute approximate surface area is 191 Å². The van der Waals surface area contributed by atoms with Gasteiger partial charge in [-0.25, -0.2) is 4.98 Å². The van der Waals surface area contributed by atoms with Crippen LogP contribution in [0.2, 0.25) is 5.15 Å². The van der Waals surface area contributed by atoms with Gasteiger partial charge in [0, 0.05) is 6.42 Å². The largest absolute Gasteiger partial charge is 0.388 e. The molecule has 0 radical (unpaired) electrons. The Kier molecular flexibility index (Phi) is 7.51. The first-order valence-electron chi connectivity index (χ1n) is 10.7. The minimum atomic E-state index is -3.90. The van der Waals surface area contributed by atoms with Crippen molar-refractivity contribution in [2.75, 3.05) is 5.73 Å². The molecule has 3 rings (SSSR count). The lowest BCUT2D eigenvalue weighted by Crippen LogP contribution is -2.40. The van der Waals surface area contributed by atoms with Crippen LogP contribution in [-0.2, 0) is 13.8 Å². The lowest BCUT2D eigenvalue weighted by Gasteiger charge is -2.37. The number of aromatic nitrogens is 4. The van der Waals surface area contributed by atoms with Crippen LogP contribution in [-0.4, -0.2) is 64.2 Å². The number of hydrogen-bond acceptors (Lipinski definition) is 9. The highest BCUT2D eigenvalue weighted by atomic mass is 35.5. The molecule has 11 nitrogen and oxygen atoms in total. The van der Waals surface area contributed by atoms with Crippen molar-refractivity contribution in [3.05, 3.63) is 11.5 Å². The molecule has 2 aromatic rings. The molecule has 0 spiro atoms. The maximum absolute atomic E-state index is 12.8. The summed E-state index contributed by atoms with van der Waals surface area (Å²) in [7, 11) is -3.90. The fourth-order valence-corrected chi connectivity index (χ4v) is 5.63. The number of aliphatic hydroxyl groups is 2. The van der Waals surface area contributed by atoms with Crippen molar-refractivity contribution in [1.29, 1.82) is 0 Å². The minimum absolute atomic E-state index is 0.0592. The fraction of sp³-hybridized carbons (Fsp3) is 0.737. The second kappa shape index (κ2) is 9.50. The normalized spacial score (nSPS) is 27.0. The van der Waals surface area contributed by atoms with Crippen LogP contribution in [0.25, 0.3) is 11.2 Å². The zero-order valence-electron chi connectivity index (χ0n) is 18.6. The van der Waals surface area contributed by atoms with Crippen LogP contribution < -0.4 is 5.73 Å². The number of imidazole rings is 1. The van der Waals surface area contributed by atoms with Crippen molar-refractivity contribution in [2.45, 2.75) is 89.2 Å². The van der Waals surface area contributed by atoms with Crippen molar-refractivity contribution in [1.82, 2.24) is 19.5 Å². The Balaban J connectivity index is 1.88. The average molecular weight is 492 g/mol. The summed E-state index contributed by atoms with van der Waals surface area (Å²) in [6.07, 6.45) is -1.64. The van der Waals surface area contributed by atoms with Gasteiger partial charge in [-0.2, -0.15) is 9.97 Å². The van der Waals surface area contributed by atoms with Gasteiger partial charge >= 0.3 is 7.60 Å². The molecule has 6 atom stereocenters. The number of hydrogen-bond donors (Lipinski definition) is 4. The number of nitrogens with zero attached hydrogens (tertiary/aromatic N) is 4. The molecule has 1 fully saturated rings. The van der Waals surface area contributed by atoms with Crippen LogP contribution in [0, 0.1) is 0 Å². The van der Waals surface area contributed by atoms with Gasteiger partial charge in [-0.15, -0.1) is 0 Å². The van der Waals surface area contributed by atoms with E-state index in [1.165, 1.54) is 10.9 Å². The molecule has 0 amide bonds. The van der Waals surface area contributed by atoms with Crippen LogP contribution in [0.5, 0.6) is 0 Å². The summed E-state index contributed by atoms with van der Waals surface area (Å²) >= 11 is 6.07. The Hall–Kier alpha value is -1.33. The molecule has 1 aliphatic rings. The van der Waals surface area contributed by atoms with E-state index in [-0.39, 0.29) is 28.7 Å². The molecule has 180 valence electrons. The number of anilines is 1. The van der Waals surface area contributed by atoms with Crippen molar-refractivity contribution >= 4 is 36.3 Å². The third-order valence-electron chi connectivity index (χ3n) is 6.34. The maximum atomic E-state index is 12.8. The molecule has 3 heterocycles. The zero-order valence-corrected chi connectivity index (χ0v) is 20.2. The first-order valence-corrected chi connectivity index (χ1v) is 12.7. The number of ether oxygens (including phenoxy) is 1. The van der Waals surface area contributed by atoms with E-state index in [4.69, 9.17) is 26.6 Å². The van der Waals surface area contributed by atoms with Crippen LogP contribution in [0.3, 0.4) is 0 Å². The van der Waals surface area contributed by atoms with E-state index >= 15 is 0 Å². The Morgan fingerprint density at radius 3 is 2.56 bits per heavy atom. The van der Waals surface area contributed by atoms with Gasteiger partial charge in [0.25, 0.3) is 0 Å². The summed E-state index contributed by atoms with van der Waals surface area (Å²) in [5, 5.41) is 21.5. The van der Waals surface area contributed by atoms with Crippen LogP contribution in [0.4, 0.5) is 5.95 Å². The molecule has 0 bridgehead atoms. The smallest absolute Gasteiger partial charge is 0.331 e. The molecule has 13 heteroatoms. The monoisotopic (exact) mass is 491 g/mol. The molecule has 0 aliphatic carbocycles. The number of aliphatic hydroxyl groups excluding tert-OH is 2. The van der Waals surface area contributed by atoms with Gasteiger partial charge in [0.1, 0.15) is 17.7 Å². The highest BCUT2D eigenvalue weighted by Crippen LogP contribution is 2.54. The number of halogens is 1. The summed E-state index contributed by atoms with van der Waals surface area (Å²) in [6.45, 7) is 7.18. The Bertz CT molecular complexity index is 1000. The van der Waals surface area contributed by atoms with Gasteiger partial charge < -0.3 is 30.1 Å². The van der Waals surface area contributed by atoms with E-state index in [1.807, 2.05) is 20.8 Å². The van der Waals surface area contributed by atoms with Crippen LogP contribution in [0.15, 0.2) is 6.33 Å². The number of fused-ring (bicyclic) bond motifs is 1. The molecular weight excluding hydrogens is 461 g/mol. The minimum Gasteiger partial charge on any atom is -0.388 e. The number of nitrogens with two attached hydrogens (primary N) is 1. The summed E-state index contributed by atoms with van der Waals surface area (Å²) in [5.41, 5.74) is 4.68. The molecule has 1 aliphatic heterocycles. The lowest BCUT2D eigenvalue weighted by molar-refractivity contribution is -0.0713. The summed E-state index contributed by atoms with van der Waals surface area (Å²) in [4.78, 5) is 22.6. The summed E-state index contributed by atoms with van der Waals surface area (Å²) < 4.78 is 26.0. The molecule has 0 saturated carbocycles. The Morgan fingerprint density at radius 1 is 1.31 bits per heavy atom. The lowest BCUT2D eigenvalue weighted by atomic mass is 9.88. The first-order chi connectivity index (χ1) is 15.0.